The molecule has 0 aromatic carbocycles. The minimum Gasteiger partial charge on any atom is -0.378 e. The van der Waals surface area contributed by atoms with Crippen LogP contribution in [0.5, 0.6) is 0 Å². The van der Waals surface area contributed by atoms with Gasteiger partial charge in [-0.2, -0.15) is 0 Å². The Morgan fingerprint density at radius 2 is 2.31 bits per heavy atom. The number of nitrogens with zero attached hydrogens (tertiary/aromatic N) is 1. The Balaban J connectivity index is 1.72. The van der Waals surface area contributed by atoms with Crippen LogP contribution in [0, 0.1) is 6.92 Å². The third-order valence-electron chi connectivity index (χ3n) is 3.17. The Hall–Kier alpha value is -0.930. The Labute approximate surface area is 97.2 Å². The summed E-state index contributed by atoms with van der Waals surface area (Å²) < 4.78 is 5.53. The van der Waals surface area contributed by atoms with Gasteiger partial charge in [-0.05, 0) is 38.3 Å². The molecule has 1 heterocycles. The summed E-state index contributed by atoms with van der Waals surface area (Å²) in [5, 5.41) is 3.52. The molecule has 1 N–H and O–H groups in total. The van der Waals surface area contributed by atoms with Crippen LogP contribution in [0.4, 0.5) is 0 Å². The number of pyridine rings is 1. The highest BCUT2D eigenvalue weighted by Gasteiger charge is 2.28. The first-order chi connectivity index (χ1) is 7.79. The molecule has 1 aromatic heterocycles. The molecule has 0 unspecified atom stereocenters. The zero-order valence-electron chi connectivity index (χ0n) is 10.1. The smallest absolute Gasteiger partial charge is 0.0604 e. The average molecular weight is 220 g/mol. The van der Waals surface area contributed by atoms with Crippen LogP contribution in [0.1, 0.15) is 31.0 Å². The van der Waals surface area contributed by atoms with Gasteiger partial charge in [0.2, 0.25) is 0 Å². The molecule has 0 atom stereocenters. The molecule has 3 nitrogen and oxygen atoms in total. The zero-order chi connectivity index (χ0) is 11.4. The van der Waals surface area contributed by atoms with Crippen molar-refractivity contribution < 1.29 is 4.74 Å². The molecule has 0 radical (unpaired) electrons. The number of aryl methyl sites for hydroxylation is 1. The minimum atomic E-state index is 0.479. The lowest BCUT2D eigenvalue weighted by atomic mass is 9.89. The van der Waals surface area contributed by atoms with Crippen LogP contribution in [0.3, 0.4) is 0 Å². The second kappa shape index (κ2) is 5.41. The van der Waals surface area contributed by atoms with Crippen molar-refractivity contribution in [1.29, 1.82) is 0 Å². The number of rotatable bonds is 5. The lowest BCUT2D eigenvalue weighted by molar-refractivity contribution is -0.0103. The van der Waals surface area contributed by atoms with Gasteiger partial charge in [0.25, 0.3) is 0 Å². The van der Waals surface area contributed by atoms with E-state index in [1.807, 2.05) is 12.3 Å². The van der Waals surface area contributed by atoms with E-state index in [1.165, 1.54) is 5.56 Å². The van der Waals surface area contributed by atoms with E-state index in [0.717, 1.165) is 31.7 Å². The molecule has 0 saturated heterocycles. The second-order valence-electron chi connectivity index (χ2n) is 4.39. The fraction of sp³-hybridized carbons (Fsp3) is 0.615. The molecule has 0 spiro atoms. The Bertz CT molecular complexity index is 334. The molecule has 1 saturated carbocycles. The molecular formula is C13H20N2O. The summed E-state index contributed by atoms with van der Waals surface area (Å²) in [6.45, 7) is 5.86. The van der Waals surface area contributed by atoms with Gasteiger partial charge in [-0.1, -0.05) is 6.07 Å². The summed E-state index contributed by atoms with van der Waals surface area (Å²) >= 11 is 0. The van der Waals surface area contributed by atoms with Crippen molar-refractivity contribution in [1.82, 2.24) is 10.3 Å². The molecule has 1 fully saturated rings. The third kappa shape index (κ3) is 2.80. The van der Waals surface area contributed by atoms with E-state index in [9.17, 15) is 0 Å². The first-order valence-corrected chi connectivity index (χ1v) is 6.05. The summed E-state index contributed by atoms with van der Waals surface area (Å²) in [7, 11) is 0. The third-order valence-corrected chi connectivity index (χ3v) is 3.17. The van der Waals surface area contributed by atoms with E-state index in [1.54, 1.807) is 0 Å². The monoisotopic (exact) mass is 220 g/mol. The molecular weight excluding hydrogens is 200 g/mol. The number of nitrogens with one attached hydrogen (secondary N) is 1. The van der Waals surface area contributed by atoms with Gasteiger partial charge in [0.15, 0.2) is 0 Å². The van der Waals surface area contributed by atoms with Crippen molar-refractivity contribution in [2.24, 2.45) is 0 Å². The summed E-state index contributed by atoms with van der Waals surface area (Å²) in [6, 6.07) is 4.69. The van der Waals surface area contributed by atoms with Gasteiger partial charge in [-0.3, -0.25) is 4.98 Å². The van der Waals surface area contributed by atoms with Crippen LogP contribution in [-0.4, -0.2) is 23.7 Å². The van der Waals surface area contributed by atoms with Gasteiger partial charge < -0.3 is 10.1 Å². The van der Waals surface area contributed by atoms with Crippen LogP contribution >= 0.6 is 0 Å². The number of ether oxygens (including phenoxy) is 1. The van der Waals surface area contributed by atoms with Gasteiger partial charge >= 0.3 is 0 Å². The zero-order valence-corrected chi connectivity index (χ0v) is 10.1. The van der Waals surface area contributed by atoms with Crippen LogP contribution < -0.4 is 5.32 Å². The standard InChI is InChI=1S/C13H20N2O/c1-3-16-12-7-11(8-12)15-9-13-10(2)5-4-6-14-13/h4-6,11-12,15H,3,7-9H2,1-2H3. The van der Waals surface area contributed by atoms with E-state index >= 15 is 0 Å². The molecule has 88 valence electrons. The van der Waals surface area contributed by atoms with Crippen molar-refractivity contribution in [2.45, 2.75) is 45.4 Å². The van der Waals surface area contributed by atoms with Gasteiger partial charge in [0.1, 0.15) is 0 Å². The second-order valence-corrected chi connectivity index (χ2v) is 4.39. The molecule has 0 amide bonds. The van der Waals surface area contributed by atoms with Crippen molar-refractivity contribution in [3.05, 3.63) is 29.6 Å². The highest BCUT2D eigenvalue weighted by Crippen LogP contribution is 2.23. The van der Waals surface area contributed by atoms with E-state index in [-0.39, 0.29) is 0 Å². The quantitative estimate of drug-likeness (QED) is 0.824. The summed E-state index contributed by atoms with van der Waals surface area (Å²) in [6.07, 6.45) is 4.61. The van der Waals surface area contributed by atoms with E-state index in [0.29, 0.717) is 12.1 Å². The largest absolute Gasteiger partial charge is 0.378 e. The van der Waals surface area contributed by atoms with Crippen molar-refractivity contribution in [2.75, 3.05) is 6.61 Å². The van der Waals surface area contributed by atoms with E-state index in [4.69, 9.17) is 4.74 Å². The predicted molar refractivity (Wildman–Crippen MR) is 64.2 cm³/mol. The lowest BCUT2D eigenvalue weighted by Gasteiger charge is -2.35. The maximum Gasteiger partial charge on any atom is 0.0604 e. The van der Waals surface area contributed by atoms with Gasteiger partial charge in [-0.15, -0.1) is 0 Å². The van der Waals surface area contributed by atoms with Crippen molar-refractivity contribution in [3.63, 3.8) is 0 Å². The molecule has 3 heteroatoms. The normalized spacial score (nSPS) is 24.1. The maximum atomic E-state index is 5.53. The van der Waals surface area contributed by atoms with Gasteiger partial charge in [0, 0.05) is 25.4 Å². The van der Waals surface area contributed by atoms with E-state index < -0.39 is 0 Å². The van der Waals surface area contributed by atoms with E-state index in [2.05, 4.69) is 30.2 Å². The molecule has 0 aliphatic heterocycles. The van der Waals surface area contributed by atoms with Crippen molar-refractivity contribution in [3.8, 4) is 0 Å². The summed E-state index contributed by atoms with van der Waals surface area (Å²) in [5.41, 5.74) is 2.41. The van der Waals surface area contributed by atoms with Crippen LogP contribution in [0.25, 0.3) is 0 Å². The fourth-order valence-electron chi connectivity index (χ4n) is 2.05. The maximum absolute atomic E-state index is 5.53. The fourth-order valence-corrected chi connectivity index (χ4v) is 2.05. The molecule has 0 bridgehead atoms. The Kier molecular flexibility index (Phi) is 3.91. The van der Waals surface area contributed by atoms with Crippen LogP contribution in [0.15, 0.2) is 18.3 Å². The highest BCUT2D eigenvalue weighted by atomic mass is 16.5. The topological polar surface area (TPSA) is 34.1 Å². The summed E-state index contributed by atoms with van der Waals surface area (Å²) in [4.78, 5) is 4.37. The van der Waals surface area contributed by atoms with Gasteiger partial charge in [-0.25, -0.2) is 0 Å². The lowest BCUT2D eigenvalue weighted by Crippen LogP contribution is -2.45. The van der Waals surface area contributed by atoms with Gasteiger partial charge in [0.05, 0.1) is 11.8 Å². The van der Waals surface area contributed by atoms with Crippen molar-refractivity contribution >= 4 is 0 Å². The number of hydrogen-bond acceptors (Lipinski definition) is 3. The number of hydrogen-bond donors (Lipinski definition) is 1. The summed E-state index contributed by atoms with van der Waals surface area (Å²) in [5.74, 6) is 0. The molecule has 1 aliphatic carbocycles. The molecule has 1 aromatic rings. The first kappa shape index (κ1) is 11.6. The molecule has 2 rings (SSSR count). The Morgan fingerprint density at radius 3 is 3.00 bits per heavy atom. The first-order valence-electron chi connectivity index (χ1n) is 6.05. The average Bonchev–Trinajstić information content (AvgIpc) is 2.23. The highest BCUT2D eigenvalue weighted by molar-refractivity contribution is 5.17. The predicted octanol–water partition coefficient (Wildman–Crippen LogP) is 2.05. The number of aromatic nitrogens is 1. The molecule has 1 aliphatic rings. The van der Waals surface area contributed by atoms with Crippen LogP contribution in [-0.2, 0) is 11.3 Å². The molecule has 16 heavy (non-hydrogen) atoms. The minimum absolute atomic E-state index is 0.479. The van der Waals surface area contributed by atoms with Crippen LogP contribution in [0.2, 0.25) is 0 Å². The Morgan fingerprint density at radius 1 is 1.50 bits per heavy atom. The SMILES string of the molecule is CCOC1CC(NCc2ncccc2C)C1.